The van der Waals surface area contributed by atoms with Gasteiger partial charge in [-0.3, -0.25) is 0 Å². The summed E-state index contributed by atoms with van der Waals surface area (Å²) in [6, 6.07) is 8.26. The minimum absolute atomic E-state index is 0.0424. The van der Waals surface area contributed by atoms with E-state index in [1.54, 1.807) is 18.2 Å². The van der Waals surface area contributed by atoms with Crippen molar-refractivity contribution in [1.29, 1.82) is 0 Å². The van der Waals surface area contributed by atoms with Gasteiger partial charge in [-0.05, 0) is 30.3 Å². The summed E-state index contributed by atoms with van der Waals surface area (Å²) in [4.78, 5) is 0.242. The Morgan fingerprint density at radius 3 is 2.48 bits per heavy atom. The third-order valence-corrected chi connectivity index (χ3v) is 3.08. The molecule has 0 aliphatic carbocycles. The largest absolute Gasteiger partial charge is 0.496 e. The first-order valence-corrected chi connectivity index (χ1v) is 6.46. The molecule has 0 saturated carbocycles. The van der Waals surface area contributed by atoms with Gasteiger partial charge < -0.3 is 15.2 Å². The number of ether oxygens (including phenoxy) is 2. The van der Waals surface area contributed by atoms with Gasteiger partial charge in [0.15, 0.2) is 11.6 Å². The molecule has 21 heavy (non-hydrogen) atoms. The molecule has 2 aromatic carbocycles. The van der Waals surface area contributed by atoms with Crippen LogP contribution in [0.2, 0.25) is 0 Å². The normalized spacial score (nSPS) is 10.2. The molecule has 0 aliphatic rings. The smallest absolute Gasteiger partial charge is 0.167 e. The van der Waals surface area contributed by atoms with Crippen LogP contribution in [0.25, 0.3) is 0 Å². The third-order valence-electron chi connectivity index (χ3n) is 2.84. The van der Waals surface area contributed by atoms with Crippen LogP contribution >= 0.6 is 12.2 Å². The molecular formula is C15H13F2NO2S. The van der Waals surface area contributed by atoms with Crippen LogP contribution < -0.4 is 15.2 Å². The van der Waals surface area contributed by atoms with Gasteiger partial charge in [0.1, 0.15) is 23.2 Å². The Kier molecular flexibility index (Phi) is 4.70. The monoisotopic (exact) mass is 309 g/mol. The maximum absolute atomic E-state index is 13.5. The second-order valence-electron chi connectivity index (χ2n) is 4.25. The lowest BCUT2D eigenvalue weighted by Crippen LogP contribution is -2.10. The summed E-state index contributed by atoms with van der Waals surface area (Å²) >= 11 is 4.91. The van der Waals surface area contributed by atoms with Crippen LogP contribution in [-0.4, -0.2) is 12.1 Å². The fourth-order valence-electron chi connectivity index (χ4n) is 1.79. The summed E-state index contributed by atoms with van der Waals surface area (Å²) in [5.41, 5.74) is 6.89. The SMILES string of the molecule is COc1ccc(C(N)=S)cc1COc1ccc(F)cc1F. The van der Waals surface area contributed by atoms with E-state index in [9.17, 15) is 8.78 Å². The molecule has 2 N–H and O–H groups in total. The number of methoxy groups -OCH3 is 1. The van der Waals surface area contributed by atoms with Gasteiger partial charge in [0.25, 0.3) is 0 Å². The molecule has 3 nitrogen and oxygen atoms in total. The number of rotatable bonds is 5. The quantitative estimate of drug-likeness (QED) is 0.862. The fraction of sp³-hybridized carbons (Fsp3) is 0.133. The average molecular weight is 309 g/mol. The van der Waals surface area contributed by atoms with Crippen molar-refractivity contribution in [2.75, 3.05) is 7.11 Å². The van der Waals surface area contributed by atoms with Crippen molar-refractivity contribution >= 4 is 17.2 Å². The van der Waals surface area contributed by atoms with E-state index in [1.165, 1.54) is 13.2 Å². The highest BCUT2D eigenvalue weighted by molar-refractivity contribution is 7.80. The second kappa shape index (κ2) is 6.49. The van der Waals surface area contributed by atoms with E-state index in [0.717, 1.165) is 12.1 Å². The van der Waals surface area contributed by atoms with E-state index >= 15 is 0 Å². The van der Waals surface area contributed by atoms with Crippen LogP contribution in [0.5, 0.6) is 11.5 Å². The molecule has 0 aliphatic heterocycles. The number of halogens is 2. The molecule has 0 heterocycles. The van der Waals surface area contributed by atoms with Gasteiger partial charge in [-0.2, -0.15) is 0 Å². The van der Waals surface area contributed by atoms with Crippen LogP contribution in [0.4, 0.5) is 8.78 Å². The highest BCUT2D eigenvalue weighted by Crippen LogP contribution is 2.24. The van der Waals surface area contributed by atoms with Gasteiger partial charge in [-0.25, -0.2) is 8.78 Å². The van der Waals surface area contributed by atoms with Crippen molar-refractivity contribution in [2.24, 2.45) is 5.73 Å². The van der Waals surface area contributed by atoms with E-state index in [2.05, 4.69) is 0 Å². The summed E-state index contributed by atoms with van der Waals surface area (Å²) in [5, 5.41) is 0. The topological polar surface area (TPSA) is 44.5 Å². The molecule has 0 spiro atoms. The second-order valence-corrected chi connectivity index (χ2v) is 4.69. The number of hydrogen-bond acceptors (Lipinski definition) is 3. The zero-order chi connectivity index (χ0) is 15.4. The van der Waals surface area contributed by atoms with E-state index < -0.39 is 11.6 Å². The van der Waals surface area contributed by atoms with Crippen LogP contribution in [0.1, 0.15) is 11.1 Å². The number of thiocarbonyl (C=S) groups is 1. The van der Waals surface area contributed by atoms with Gasteiger partial charge in [0.2, 0.25) is 0 Å². The Labute approximate surface area is 126 Å². The fourth-order valence-corrected chi connectivity index (χ4v) is 1.92. The third kappa shape index (κ3) is 3.66. The summed E-state index contributed by atoms with van der Waals surface area (Å²) in [6.45, 7) is 0.0438. The maximum atomic E-state index is 13.5. The summed E-state index contributed by atoms with van der Waals surface area (Å²) < 4.78 is 36.9. The van der Waals surface area contributed by atoms with Gasteiger partial charge in [-0.15, -0.1) is 0 Å². The first kappa shape index (κ1) is 15.2. The van der Waals surface area contributed by atoms with Crippen molar-refractivity contribution in [3.8, 4) is 11.5 Å². The number of hydrogen-bond donors (Lipinski definition) is 1. The van der Waals surface area contributed by atoms with Crippen LogP contribution in [-0.2, 0) is 6.61 Å². The molecule has 0 atom stereocenters. The molecule has 2 aromatic rings. The Morgan fingerprint density at radius 2 is 1.86 bits per heavy atom. The Balaban J connectivity index is 2.22. The van der Waals surface area contributed by atoms with Gasteiger partial charge in [0.05, 0.1) is 7.11 Å². The summed E-state index contributed by atoms with van der Waals surface area (Å²) in [7, 11) is 1.51. The zero-order valence-corrected chi connectivity index (χ0v) is 12.0. The Hall–Kier alpha value is -2.21. The van der Waals surface area contributed by atoms with Gasteiger partial charge in [-0.1, -0.05) is 12.2 Å². The first-order valence-electron chi connectivity index (χ1n) is 6.06. The number of nitrogens with two attached hydrogens (primary N) is 1. The molecule has 110 valence electrons. The molecule has 0 unspecified atom stereocenters. The van der Waals surface area contributed by atoms with Crippen molar-refractivity contribution in [1.82, 2.24) is 0 Å². The van der Waals surface area contributed by atoms with E-state index in [4.69, 9.17) is 27.4 Å². The predicted molar refractivity (Wildman–Crippen MR) is 79.6 cm³/mol. The lowest BCUT2D eigenvalue weighted by Gasteiger charge is -2.12. The molecule has 0 fully saturated rings. The first-order chi connectivity index (χ1) is 10.0. The Bertz CT molecular complexity index is 677. The predicted octanol–water partition coefficient (Wildman–Crippen LogP) is 3.19. The molecule has 6 heteroatoms. The lowest BCUT2D eigenvalue weighted by atomic mass is 10.1. The van der Waals surface area contributed by atoms with Crippen LogP contribution in [0.3, 0.4) is 0 Å². The molecule has 0 bridgehead atoms. The molecule has 0 saturated heterocycles. The van der Waals surface area contributed by atoms with Crippen molar-refractivity contribution in [3.63, 3.8) is 0 Å². The summed E-state index contributed by atoms with van der Waals surface area (Å²) in [5.74, 6) is -0.899. The van der Waals surface area contributed by atoms with Crippen molar-refractivity contribution in [2.45, 2.75) is 6.61 Å². The lowest BCUT2D eigenvalue weighted by molar-refractivity contribution is 0.282. The van der Waals surface area contributed by atoms with Gasteiger partial charge >= 0.3 is 0 Å². The zero-order valence-electron chi connectivity index (χ0n) is 11.2. The van der Waals surface area contributed by atoms with E-state index in [1.807, 2.05) is 0 Å². The highest BCUT2D eigenvalue weighted by Gasteiger charge is 2.09. The standard InChI is InChI=1S/C15H13F2NO2S/c1-19-13-4-2-9(15(18)21)6-10(13)8-20-14-5-3-11(16)7-12(14)17/h2-7H,8H2,1H3,(H2,18,21). The average Bonchev–Trinajstić information content (AvgIpc) is 2.46. The van der Waals surface area contributed by atoms with E-state index in [0.29, 0.717) is 16.9 Å². The number of benzene rings is 2. The Morgan fingerprint density at radius 1 is 1.14 bits per heavy atom. The minimum Gasteiger partial charge on any atom is -0.496 e. The summed E-state index contributed by atoms with van der Waals surface area (Å²) in [6.07, 6.45) is 0. The van der Waals surface area contributed by atoms with Crippen LogP contribution in [0.15, 0.2) is 36.4 Å². The molecule has 0 radical (unpaired) electrons. The molecule has 2 rings (SSSR count). The molecular weight excluding hydrogens is 296 g/mol. The molecule has 0 amide bonds. The van der Waals surface area contributed by atoms with Crippen molar-refractivity contribution in [3.05, 3.63) is 59.2 Å². The minimum atomic E-state index is -0.764. The highest BCUT2D eigenvalue weighted by atomic mass is 32.1. The van der Waals surface area contributed by atoms with Crippen LogP contribution in [0, 0.1) is 11.6 Å². The maximum Gasteiger partial charge on any atom is 0.167 e. The van der Waals surface area contributed by atoms with E-state index in [-0.39, 0.29) is 17.3 Å². The van der Waals surface area contributed by atoms with Gasteiger partial charge in [0, 0.05) is 17.2 Å². The van der Waals surface area contributed by atoms with Crippen molar-refractivity contribution < 1.29 is 18.3 Å². The molecule has 0 aromatic heterocycles.